The molecular weight excluding hydrogens is 546 g/mol. The molecule has 3 aromatic carbocycles. The van der Waals surface area contributed by atoms with Crippen molar-refractivity contribution in [1.82, 2.24) is 25.1 Å². The third-order valence-corrected chi connectivity index (χ3v) is 7.56. The lowest BCUT2D eigenvalue weighted by Gasteiger charge is -2.45. The fraction of sp³-hybridized carbons (Fsp3) is 0.276. The molecule has 2 saturated heterocycles. The van der Waals surface area contributed by atoms with Gasteiger partial charge in [0.05, 0.1) is 13.1 Å². The SMILES string of the molecule is CN(C(=O)NCc1ccccc1)N1CC(=O)N2[C@@H](Cc3ccccc3)C(=O)N(Cc3cccc(Br)c3)C[C@@H]21. The molecule has 196 valence electrons. The summed E-state index contributed by atoms with van der Waals surface area (Å²) in [5.41, 5.74) is 2.96. The van der Waals surface area contributed by atoms with Crippen LogP contribution >= 0.6 is 15.9 Å². The van der Waals surface area contributed by atoms with Crippen molar-refractivity contribution in [3.63, 3.8) is 0 Å². The van der Waals surface area contributed by atoms with Crippen LogP contribution in [0.1, 0.15) is 16.7 Å². The summed E-state index contributed by atoms with van der Waals surface area (Å²) in [6.45, 7) is 1.13. The van der Waals surface area contributed by atoms with Crippen LogP contribution in [-0.4, -0.2) is 70.0 Å². The zero-order valence-corrected chi connectivity index (χ0v) is 22.8. The first-order chi connectivity index (χ1) is 18.4. The van der Waals surface area contributed by atoms with Gasteiger partial charge in [-0.25, -0.2) is 4.79 Å². The van der Waals surface area contributed by atoms with Crippen molar-refractivity contribution in [1.29, 1.82) is 0 Å². The molecule has 2 aliphatic rings. The van der Waals surface area contributed by atoms with Gasteiger partial charge in [0.25, 0.3) is 0 Å². The number of hydrazine groups is 1. The van der Waals surface area contributed by atoms with Crippen molar-refractivity contribution in [3.8, 4) is 0 Å². The van der Waals surface area contributed by atoms with Crippen molar-refractivity contribution >= 4 is 33.8 Å². The van der Waals surface area contributed by atoms with Gasteiger partial charge in [0, 0.05) is 31.0 Å². The summed E-state index contributed by atoms with van der Waals surface area (Å²) in [5, 5.41) is 6.17. The first-order valence-corrected chi connectivity index (χ1v) is 13.4. The molecule has 4 amide bonds. The zero-order chi connectivity index (χ0) is 26.6. The lowest BCUT2D eigenvalue weighted by Crippen LogP contribution is -2.65. The van der Waals surface area contributed by atoms with Crippen molar-refractivity contribution in [2.45, 2.75) is 31.7 Å². The predicted octanol–water partition coefficient (Wildman–Crippen LogP) is 3.63. The summed E-state index contributed by atoms with van der Waals surface area (Å²) in [7, 11) is 1.67. The number of fused-ring (bicyclic) bond motifs is 1. The monoisotopic (exact) mass is 575 g/mol. The molecule has 2 heterocycles. The number of hydrogen-bond donors (Lipinski definition) is 1. The molecular formula is C29H30BrN5O3. The number of piperazine rings is 1. The van der Waals surface area contributed by atoms with Crippen LogP contribution in [-0.2, 0) is 29.1 Å². The van der Waals surface area contributed by atoms with E-state index in [4.69, 9.17) is 0 Å². The molecule has 1 N–H and O–H groups in total. The summed E-state index contributed by atoms with van der Waals surface area (Å²) < 4.78 is 0.939. The first-order valence-electron chi connectivity index (χ1n) is 12.6. The minimum Gasteiger partial charge on any atom is -0.333 e. The van der Waals surface area contributed by atoms with Gasteiger partial charge in [0.15, 0.2) is 0 Å². The Morgan fingerprint density at radius 1 is 0.947 bits per heavy atom. The summed E-state index contributed by atoms with van der Waals surface area (Å²) in [6.07, 6.45) is -0.0391. The van der Waals surface area contributed by atoms with Crippen molar-refractivity contribution in [2.24, 2.45) is 0 Å². The highest BCUT2D eigenvalue weighted by Gasteiger charge is 2.51. The zero-order valence-electron chi connectivity index (χ0n) is 21.2. The highest BCUT2D eigenvalue weighted by Crippen LogP contribution is 2.30. The van der Waals surface area contributed by atoms with Gasteiger partial charge in [0.2, 0.25) is 11.8 Å². The van der Waals surface area contributed by atoms with Gasteiger partial charge < -0.3 is 15.1 Å². The summed E-state index contributed by atoms with van der Waals surface area (Å²) in [6, 6.07) is 26.3. The van der Waals surface area contributed by atoms with Crippen LogP contribution in [0.2, 0.25) is 0 Å². The second-order valence-corrected chi connectivity index (χ2v) is 10.5. The van der Waals surface area contributed by atoms with Gasteiger partial charge >= 0.3 is 6.03 Å². The molecule has 0 spiro atoms. The van der Waals surface area contributed by atoms with Crippen LogP contribution in [0.3, 0.4) is 0 Å². The lowest BCUT2D eigenvalue weighted by molar-refractivity contribution is -0.157. The van der Waals surface area contributed by atoms with Crippen molar-refractivity contribution < 1.29 is 14.4 Å². The number of nitrogens with one attached hydrogen (secondary N) is 1. The van der Waals surface area contributed by atoms with E-state index in [1.807, 2.05) is 84.9 Å². The summed E-state index contributed by atoms with van der Waals surface area (Å²) in [5.74, 6) is -0.245. The molecule has 38 heavy (non-hydrogen) atoms. The van der Waals surface area contributed by atoms with E-state index in [0.717, 1.165) is 21.2 Å². The fourth-order valence-electron chi connectivity index (χ4n) is 5.15. The molecule has 2 fully saturated rings. The Morgan fingerprint density at radius 3 is 2.29 bits per heavy atom. The van der Waals surface area contributed by atoms with Crippen LogP contribution in [0.5, 0.6) is 0 Å². The third kappa shape index (κ3) is 5.58. The molecule has 9 heteroatoms. The van der Waals surface area contributed by atoms with Gasteiger partial charge in [0.1, 0.15) is 12.2 Å². The van der Waals surface area contributed by atoms with E-state index < -0.39 is 12.2 Å². The highest BCUT2D eigenvalue weighted by molar-refractivity contribution is 9.10. The van der Waals surface area contributed by atoms with E-state index in [1.54, 1.807) is 21.9 Å². The highest BCUT2D eigenvalue weighted by atomic mass is 79.9. The molecule has 0 bridgehead atoms. The Bertz CT molecular complexity index is 1310. The maximum absolute atomic E-state index is 13.8. The number of carbonyl (C=O) groups is 3. The van der Waals surface area contributed by atoms with E-state index >= 15 is 0 Å². The Morgan fingerprint density at radius 2 is 1.61 bits per heavy atom. The number of hydrogen-bond acceptors (Lipinski definition) is 4. The number of nitrogens with zero attached hydrogens (tertiary/aromatic N) is 4. The fourth-order valence-corrected chi connectivity index (χ4v) is 5.59. The van der Waals surface area contributed by atoms with Crippen LogP contribution in [0.4, 0.5) is 4.79 Å². The molecule has 3 aromatic rings. The number of urea groups is 1. The quantitative estimate of drug-likeness (QED) is 0.467. The molecule has 0 radical (unpaired) electrons. The van der Waals surface area contributed by atoms with Crippen molar-refractivity contribution in [3.05, 3.63) is 106 Å². The molecule has 8 nitrogen and oxygen atoms in total. The second-order valence-electron chi connectivity index (χ2n) is 9.60. The average Bonchev–Trinajstić information content (AvgIpc) is 3.26. The van der Waals surface area contributed by atoms with Crippen LogP contribution in [0.15, 0.2) is 89.4 Å². The van der Waals surface area contributed by atoms with Crippen LogP contribution in [0, 0.1) is 0 Å². The molecule has 0 unspecified atom stereocenters. The minimum absolute atomic E-state index is 0.0310. The first kappa shape index (κ1) is 25.9. The third-order valence-electron chi connectivity index (χ3n) is 7.07. The topological polar surface area (TPSA) is 76.2 Å². The maximum Gasteiger partial charge on any atom is 0.332 e. The number of benzene rings is 3. The second kappa shape index (κ2) is 11.4. The van der Waals surface area contributed by atoms with Gasteiger partial charge in [-0.15, -0.1) is 0 Å². The Hall–Kier alpha value is -3.69. The largest absolute Gasteiger partial charge is 0.333 e. The maximum atomic E-state index is 13.8. The van der Waals surface area contributed by atoms with Crippen LogP contribution < -0.4 is 5.32 Å². The molecule has 2 aliphatic heterocycles. The van der Waals surface area contributed by atoms with Gasteiger partial charge in [-0.1, -0.05) is 88.7 Å². The van der Waals surface area contributed by atoms with Gasteiger partial charge in [-0.05, 0) is 28.8 Å². The average molecular weight is 576 g/mol. The number of carbonyl (C=O) groups excluding carboxylic acids is 3. The van der Waals surface area contributed by atoms with E-state index in [-0.39, 0.29) is 24.4 Å². The predicted molar refractivity (Wildman–Crippen MR) is 147 cm³/mol. The smallest absolute Gasteiger partial charge is 0.332 e. The molecule has 0 aliphatic carbocycles. The molecule has 0 saturated carbocycles. The van der Waals surface area contributed by atoms with Crippen molar-refractivity contribution in [2.75, 3.05) is 20.1 Å². The number of halogens is 1. The number of rotatable bonds is 7. The Labute approximate surface area is 230 Å². The van der Waals surface area contributed by atoms with Gasteiger partial charge in [-0.2, -0.15) is 5.01 Å². The van der Waals surface area contributed by atoms with E-state index in [0.29, 0.717) is 26.1 Å². The lowest BCUT2D eigenvalue weighted by atomic mass is 10.00. The Balaban J connectivity index is 1.39. The Kier molecular flexibility index (Phi) is 7.76. The summed E-state index contributed by atoms with van der Waals surface area (Å²) >= 11 is 3.51. The van der Waals surface area contributed by atoms with Gasteiger partial charge in [-0.3, -0.25) is 14.6 Å². The number of amides is 4. The van der Waals surface area contributed by atoms with E-state index in [2.05, 4.69) is 21.2 Å². The van der Waals surface area contributed by atoms with E-state index in [1.165, 1.54) is 5.01 Å². The van der Waals surface area contributed by atoms with E-state index in [9.17, 15) is 14.4 Å². The molecule has 2 atom stereocenters. The normalized spacial score (nSPS) is 19.4. The molecule has 5 rings (SSSR count). The minimum atomic E-state index is -0.651. The molecule has 0 aromatic heterocycles. The van der Waals surface area contributed by atoms with Crippen LogP contribution in [0.25, 0.3) is 0 Å². The standard InChI is InChI=1S/C29H30BrN5O3/c1-32(29(38)31-17-22-11-6-3-7-12-22)34-20-27(36)35-25(16-21-9-4-2-5-10-21)28(37)33(19-26(34)35)18-23-13-8-14-24(30)15-23/h2-15,25-26H,16-20H2,1H3,(H,31,38)/t25-,26+/m0/s1. The summed E-state index contributed by atoms with van der Waals surface area (Å²) in [4.78, 5) is 43.7.